The van der Waals surface area contributed by atoms with E-state index in [1.807, 2.05) is 0 Å². The highest BCUT2D eigenvalue weighted by molar-refractivity contribution is 7.90. The maximum atomic E-state index is 12.4. The Hall–Kier alpha value is -2.19. The number of aromatic nitrogens is 1. The molecule has 1 aromatic carbocycles. The fourth-order valence-electron chi connectivity index (χ4n) is 1.81. The Morgan fingerprint density at radius 2 is 2.05 bits per heavy atom. The van der Waals surface area contributed by atoms with Gasteiger partial charge in [0.15, 0.2) is 0 Å². The lowest BCUT2D eigenvalue weighted by Gasteiger charge is -2.07. The number of benzene rings is 1. The molecule has 0 amide bonds. The number of hydrogen-bond donors (Lipinski definition) is 0. The Kier molecular flexibility index (Phi) is 4.62. The van der Waals surface area contributed by atoms with Crippen molar-refractivity contribution in [2.75, 3.05) is 7.11 Å². The summed E-state index contributed by atoms with van der Waals surface area (Å²) in [6.45, 7) is 0. The minimum absolute atomic E-state index is 0.0183. The summed E-state index contributed by atoms with van der Waals surface area (Å²) in [5.41, 5.74) is -0.186. The van der Waals surface area contributed by atoms with Crippen LogP contribution in [0.15, 0.2) is 41.4 Å². The van der Waals surface area contributed by atoms with Gasteiger partial charge in [-0.05, 0) is 17.7 Å². The summed E-state index contributed by atoms with van der Waals surface area (Å²) in [4.78, 5) is 13.9. The van der Waals surface area contributed by atoms with E-state index in [0.717, 1.165) is 6.07 Å². The Morgan fingerprint density at radius 1 is 1.32 bits per heavy atom. The molecule has 0 aliphatic heterocycles. The maximum absolute atomic E-state index is 12.4. The zero-order chi connectivity index (χ0) is 16.3. The van der Waals surface area contributed by atoms with Crippen molar-refractivity contribution in [1.29, 1.82) is 0 Å². The summed E-state index contributed by atoms with van der Waals surface area (Å²) in [6, 6.07) is 8.53. The summed E-state index contributed by atoms with van der Waals surface area (Å²) in [5, 5.41) is 10.8. The number of nitrogens with zero attached hydrogens (tertiary/aromatic N) is 2. The first-order valence-electron chi connectivity index (χ1n) is 6.00. The summed E-state index contributed by atoms with van der Waals surface area (Å²) >= 11 is 5.81. The molecule has 0 aliphatic carbocycles. The van der Waals surface area contributed by atoms with Crippen LogP contribution >= 0.6 is 11.6 Å². The van der Waals surface area contributed by atoms with Gasteiger partial charge >= 0.3 is 5.69 Å². The molecule has 0 aliphatic rings. The quantitative estimate of drug-likeness (QED) is 0.611. The highest BCUT2D eigenvalue weighted by Crippen LogP contribution is 2.27. The van der Waals surface area contributed by atoms with Gasteiger partial charge in [-0.1, -0.05) is 23.7 Å². The Morgan fingerprint density at radius 3 is 2.64 bits per heavy atom. The molecule has 22 heavy (non-hydrogen) atoms. The number of methoxy groups -OCH3 is 1. The first-order chi connectivity index (χ1) is 10.3. The van der Waals surface area contributed by atoms with Crippen LogP contribution in [-0.4, -0.2) is 25.4 Å². The third-order valence-corrected chi connectivity index (χ3v) is 4.60. The molecule has 9 heteroatoms. The summed E-state index contributed by atoms with van der Waals surface area (Å²) in [5.74, 6) is -0.468. The average Bonchev–Trinajstić information content (AvgIpc) is 2.46. The molecule has 0 N–H and O–H groups in total. The standard InChI is InChI=1S/C13H11ClN2O5S/c1-21-12-6-5-11(16(17)18)13(15-12)22(19,20)8-9-3-2-4-10(14)7-9/h2-7H,8H2,1H3. The molecule has 0 unspecified atom stereocenters. The predicted octanol–water partition coefficient (Wildman–Crippen LogP) is 2.63. The molecule has 0 bridgehead atoms. The molecule has 2 rings (SSSR count). The maximum Gasteiger partial charge on any atom is 0.306 e. The van der Waals surface area contributed by atoms with E-state index in [1.165, 1.54) is 19.2 Å². The van der Waals surface area contributed by atoms with Crippen molar-refractivity contribution in [3.05, 3.63) is 57.1 Å². The third-order valence-electron chi connectivity index (χ3n) is 2.76. The third kappa shape index (κ3) is 3.52. The number of ether oxygens (including phenoxy) is 1. The first-order valence-corrected chi connectivity index (χ1v) is 8.03. The van der Waals surface area contributed by atoms with Crippen molar-refractivity contribution < 1.29 is 18.1 Å². The molecule has 0 saturated heterocycles. The number of halogens is 1. The van der Waals surface area contributed by atoms with Gasteiger partial charge in [0, 0.05) is 17.2 Å². The molecule has 7 nitrogen and oxygen atoms in total. The smallest absolute Gasteiger partial charge is 0.306 e. The van der Waals surface area contributed by atoms with Gasteiger partial charge in [-0.25, -0.2) is 8.42 Å². The van der Waals surface area contributed by atoms with Crippen LogP contribution in [0, 0.1) is 10.1 Å². The number of pyridine rings is 1. The van der Waals surface area contributed by atoms with Crippen LogP contribution < -0.4 is 4.74 Å². The second kappa shape index (κ2) is 6.29. The molecule has 1 aromatic heterocycles. The van der Waals surface area contributed by atoms with E-state index >= 15 is 0 Å². The van der Waals surface area contributed by atoms with Crippen molar-refractivity contribution in [1.82, 2.24) is 4.98 Å². The number of sulfone groups is 1. The second-order valence-electron chi connectivity index (χ2n) is 4.32. The molecular formula is C13H11ClN2O5S. The monoisotopic (exact) mass is 342 g/mol. The van der Waals surface area contributed by atoms with Crippen LogP contribution in [0.2, 0.25) is 5.02 Å². The Labute approximate surface area is 131 Å². The van der Waals surface area contributed by atoms with Gasteiger partial charge in [-0.2, -0.15) is 4.98 Å². The zero-order valence-corrected chi connectivity index (χ0v) is 13.0. The fraction of sp³-hybridized carbons (Fsp3) is 0.154. The van der Waals surface area contributed by atoms with Crippen LogP contribution in [-0.2, 0) is 15.6 Å². The van der Waals surface area contributed by atoms with E-state index in [4.69, 9.17) is 16.3 Å². The predicted molar refractivity (Wildman–Crippen MR) is 79.8 cm³/mol. The molecule has 0 radical (unpaired) electrons. The Bertz CT molecular complexity index is 823. The minimum atomic E-state index is -4.03. The van der Waals surface area contributed by atoms with E-state index in [0.29, 0.717) is 10.6 Å². The Balaban J connectivity index is 2.50. The van der Waals surface area contributed by atoms with Crippen molar-refractivity contribution in [2.45, 2.75) is 10.8 Å². The summed E-state index contributed by atoms with van der Waals surface area (Å²) < 4.78 is 29.7. The van der Waals surface area contributed by atoms with Crippen molar-refractivity contribution >= 4 is 27.1 Å². The van der Waals surface area contributed by atoms with Gasteiger partial charge in [-0.15, -0.1) is 0 Å². The second-order valence-corrected chi connectivity index (χ2v) is 6.67. The number of nitro groups is 1. The summed E-state index contributed by atoms with van der Waals surface area (Å²) in [7, 11) is -2.74. The first kappa shape index (κ1) is 16.2. The van der Waals surface area contributed by atoms with E-state index in [2.05, 4.69) is 4.98 Å². The van der Waals surface area contributed by atoms with Gasteiger partial charge in [0.1, 0.15) is 0 Å². The normalized spacial score (nSPS) is 11.2. The zero-order valence-electron chi connectivity index (χ0n) is 11.4. The van der Waals surface area contributed by atoms with Crippen LogP contribution in [0.4, 0.5) is 5.69 Å². The van der Waals surface area contributed by atoms with E-state index in [-0.39, 0.29) is 5.88 Å². The van der Waals surface area contributed by atoms with Gasteiger partial charge in [0.05, 0.1) is 17.8 Å². The SMILES string of the molecule is COc1ccc([N+](=O)[O-])c(S(=O)(=O)Cc2cccc(Cl)c2)n1. The minimum Gasteiger partial charge on any atom is -0.481 e. The number of hydrogen-bond acceptors (Lipinski definition) is 6. The molecule has 2 aromatic rings. The van der Waals surface area contributed by atoms with Crippen LogP contribution in [0.3, 0.4) is 0 Å². The highest BCUT2D eigenvalue weighted by atomic mass is 35.5. The average molecular weight is 343 g/mol. The van der Waals surface area contributed by atoms with Crippen molar-refractivity contribution in [3.8, 4) is 5.88 Å². The lowest BCUT2D eigenvalue weighted by atomic mass is 10.2. The van der Waals surface area contributed by atoms with E-state index in [9.17, 15) is 18.5 Å². The molecule has 0 spiro atoms. The lowest BCUT2D eigenvalue weighted by Crippen LogP contribution is -2.11. The molecule has 116 valence electrons. The van der Waals surface area contributed by atoms with E-state index in [1.54, 1.807) is 18.2 Å². The van der Waals surface area contributed by atoms with Crippen LogP contribution in [0.25, 0.3) is 0 Å². The highest BCUT2D eigenvalue weighted by Gasteiger charge is 2.28. The molecule has 0 saturated carbocycles. The van der Waals surface area contributed by atoms with Gasteiger partial charge in [0.25, 0.3) is 0 Å². The topological polar surface area (TPSA) is 99.4 Å². The molecule has 0 atom stereocenters. The van der Waals surface area contributed by atoms with Gasteiger partial charge in [-0.3, -0.25) is 10.1 Å². The van der Waals surface area contributed by atoms with Gasteiger partial charge in [0.2, 0.25) is 20.7 Å². The number of rotatable bonds is 5. The lowest BCUT2D eigenvalue weighted by molar-refractivity contribution is -0.388. The van der Waals surface area contributed by atoms with E-state index < -0.39 is 31.2 Å². The fourth-order valence-corrected chi connectivity index (χ4v) is 3.47. The molecule has 0 fully saturated rings. The van der Waals surface area contributed by atoms with Crippen molar-refractivity contribution in [2.24, 2.45) is 0 Å². The largest absolute Gasteiger partial charge is 0.481 e. The van der Waals surface area contributed by atoms with Crippen molar-refractivity contribution in [3.63, 3.8) is 0 Å². The molecular weight excluding hydrogens is 332 g/mol. The van der Waals surface area contributed by atoms with Crippen LogP contribution in [0.5, 0.6) is 5.88 Å². The van der Waals surface area contributed by atoms with Crippen LogP contribution in [0.1, 0.15) is 5.56 Å². The van der Waals surface area contributed by atoms with Gasteiger partial charge < -0.3 is 4.74 Å². The summed E-state index contributed by atoms with van der Waals surface area (Å²) in [6.07, 6.45) is 0. The molecule has 1 heterocycles.